The molecule has 0 N–H and O–H groups in total. The summed E-state index contributed by atoms with van der Waals surface area (Å²) in [6.07, 6.45) is 1.20. The molecule has 0 aromatic heterocycles. The molecule has 0 aliphatic heterocycles. The SMILES string of the molecule is COC(=O)C[C@@H](C)[C@](C)(N=C(SC)N(COCC[Si](C)(C)C)C(=O)OC(C)(C)C)c1cccc(C)c1F. The van der Waals surface area contributed by atoms with Gasteiger partial charge in [-0.25, -0.2) is 14.1 Å². The number of hydrogen-bond donors (Lipinski definition) is 0. The first-order valence-corrected chi connectivity index (χ1v) is 17.4. The van der Waals surface area contributed by atoms with Crippen molar-refractivity contribution in [3.05, 3.63) is 35.1 Å². The fourth-order valence-corrected chi connectivity index (χ4v) is 4.84. The highest BCUT2D eigenvalue weighted by molar-refractivity contribution is 8.13. The maximum Gasteiger partial charge on any atom is 0.418 e. The van der Waals surface area contributed by atoms with Crippen LogP contribution in [0.3, 0.4) is 0 Å². The molecule has 0 bridgehead atoms. The third-order valence-electron chi connectivity index (χ3n) is 5.97. The van der Waals surface area contributed by atoms with Crippen LogP contribution < -0.4 is 0 Å². The van der Waals surface area contributed by atoms with Gasteiger partial charge in [-0.1, -0.05) is 56.5 Å². The van der Waals surface area contributed by atoms with Crippen LogP contribution in [0.1, 0.15) is 52.2 Å². The highest BCUT2D eigenvalue weighted by Crippen LogP contribution is 2.39. The highest BCUT2D eigenvalue weighted by atomic mass is 32.2. The van der Waals surface area contributed by atoms with Crippen LogP contribution in [0.2, 0.25) is 25.7 Å². The van der Waals surface area contributed by atoms with Crippen molar-refractivity contribution in [2.24, 2.45) is 10.9 Å². The minimum absolute atomic E-state index is 0.0185. The van der Waals surface area contributed by atoms with Crippen LogP contribution in [0.15, 0.2) is 23.2 Å². The van der Waals surface area contributed by atoms with Crippen molar-refractivity contribution >= 4 is 37.1 Å². The monoisotopic (exact) mass is 556 g/mol. The lowest BCUT2D eigenvalue weighted by atomic mass is 9.78. The summed E-state index contributed by atoms with van der Waals surface area (Å²) in [7, 11) is -0.0214. The Morgan fingerprint density at radius 1 is 1.19 bits per heavy atom. The van der Waals surface area contributed by atoms with Crippen molar-refractivity contribution in [1.29, 1.82) is 0 Å². The third-order valence-corrected chi connectivity index (χ3v) is 8.35. The number of aliphatic imine (C=N–C) groups is 1. The van der Waals surface area contributed by atoms with Gasteiger partial charge in [0.1, 0.15) is 18.1 Å². The van der Waals surface area contributed by atoms with Gasteiger partial charge in [0.25, 0.3) is 0 Å². The Bertz CT molecular complexity index is 961. The number of benzene rings is 1. The normalized spacial score (nSPS) is 15.1. The summed E-state index contributed by atoms with van der Waals surface area (Å²) in [5, 5.41) is 0.308. The number of esters is 1. The van der Waals surface area contributed by atoms with E-state index in [0.29, 0.717) is 22.9 Å². The van der Waals surface area contributed by atoms with E-state index in [4.69, 9.17) is 19.2 Å². The molecule has 0 heterocycles. The van der Waals surface area contributed by atoms with E-state index in [1.807, 2.05) is 6.92 Å². The molecule has 2 atom stereocenters. The molecule has 0 saturated carbocycles. The van der Waals surface area contributed by atoms with Crippen molar-refractivity contribution in [3.63, 3.8) is 0 Å². The molecule has 1 aromatic carbocycles. The summed E-state index contributed by atoms with van der Waals surface area (Å²) < 4.78 is 31.9. The maximum atomic E-state index is 15.5. The molecule has 0 radical (unpaired) electrons. The molecule has 0 spiro atoms. The van der Waals surface area contributed by atoms with Crippen LogP contribution in [0.25, 0.3) is 0 Å². The molecule has 0 aliphatic rings. The summed E-state index contributed by atoms with van der Waals surface area (Å²) in [4.78, 5) is 31.8. The molecule has 0 saturated heterocycles. The zero-order valence-electron chi connectivity index (χ0n) is 24.4. The number of amidine groups is 1. The number of rotatable bonds is 10. The second kappa shape index (κ2) is 13.8. The number of ether oxygens (including phenoxy) is 3. The van der Waals surface area contributed by atoms with E-state index in [1.165, 1.54) is 23.8 Å². The highest BCUT2D eigenvalue weighted by Gasteiger charge is 2.39. The molecular weight excluding hydrogens is 511 g/mol. The molecular formula is C27H45FN2O5SSi. The quantitative estimate of drug-likeness (QED) is 0.0786. The minimum Gasteiger partial charge on any atom is -0.469 e. The van der Waals surface area contributed by atoms with Gasteiger partial charge in [0.2, 0.25) is 0 Å². The van der Waals surface area contributed by atoms with Crippen LogP contribution >= 0.6 is 11.8 Å². The van der Waals surface area contributed by atoms with Gasteiger partial charge in [0.15, 0.2) is 5.17 Å². The molecule has 1 amide bonds. The predicted molar refractivity (Wildman–Crippen MR) is 152 cm³/mol. The summed E-state index contributed by atoms with van der Waals surface area (Å²) in [6, 6.07) is 6.04. The van der Waals surface area contributed by atoms with E-state index in [2.05, 4.69) is 19.6 Å². The molecule has 1 rings (SSSR count). The van der Waals surface area contributed by atoms with E-state index in [0.717, 1.165) is 6.04 Å². The number of halogens is 1. The topological polar surface area (TPSA) is 77.4 Å². The molecule has 0 aliphatic carbocycles. The minimum atomic E-state index is -1.34. The van der Waals surface area contributed by atoms with Gasteiger partial charge in [-0.3, -0.25) is 9.79 Å². The Hall–Kier alpha value is -1.91. The van der Waals surface area contributed by atoms with Gasteiger partial charge in [0.05, 0.1) is 19.1 Å². The number of thioether (sulfide) groups is 1. The van der Waals surface area contributed by atoms with Crippen molar-refractivity contribution in [2.75, 3.05) is 26.7 Å². The number of hydrogen-bond acceptors (Lipinski definition) is 7. The number of carbonyl (C=O) groups excluding carboxylic acids is 2. The van der Waals surface area contributed by atoms with E-state index in [1.54, 1.807) is 59.1 Å². The molecule has 7 nitrogen and oxygen atoms in total. The van der Waals surface area contributed by atoms with Crippen molar-refractivity contribution < 1.29 is 28.2 Å². The Morgan fingerprint density at radius 3 is 2.32 bits per heavy atom. The molecule has 210 valence electrons. The second-order valence-corrected chi connectivity index (χ2v) is 18.0. The van der Waals surface area contributed by atoms with Crippen LogP contribution in [0.5, 0.6) is 0 Å². The van der Waals surface area contributed by atoms with Crippen molar-refractivity contribution in [1.82, 2.24) is 4.90 Å². The van der Waals surface area contributed by atoms with E-state index >= 15 is 4.39 Å². The second-order valence-electron chi connectivity index (χ2n) is 11.6. The average Bonchev–Trinajstić information content (AvgIpc) is 2.77. The summed E-state index contributed by atoms with van der Waals surface area (Å²) >= 11 is 1.23. The Labute approximate surface area is 227 Å². The number of amides is 1. The predicted octanol–water partition coefficient (Wildman–Crippen LogP) is 6.82. The number of nitrogens with zero attached hydrogens (tertiary/aromatic N) is 2. The number of aryl methyl sites for hydroxylation is 1. The van der Waals surface area contributed by atoms with Crippen LogP contribution in [-0.4, -0.2) is 62.5 Å². The summed E-state index contributed by atoms with van der Waals surface area (Å²) in [5.74, 6) is -1.28. The Morgan fingerprint density at radius 2 is 1.81 bits per heavy atom. The molecule has 1 aromatic rings. The fourth-order valence-electron chi connectivity index (χ4n) is 3.46. The molecule has 10 heteroatoms. The van der Waals surface area contributed by atoms with Crippen LogP contribution in [-0.2, 0) is 24.5 Å². The lowest BCUT2D eigenvalue weighted by Gasteiger charge is -2.35. The lowest BCUT2D eigenvalue weighted by molar-refractivity contribution is -0.142. The van der Waals surface area contributed by atoms with Gasteiger partial charge in [-0.15, -0.1) is 0 Å². The molecule has 0 fully saturated rings. The van der Waals surface area contributed by atoms with Gasteiger partial charge in [0, 0.05) is 20.2 Å². The first kappa shape index (κ1) is 33.1. The van der Waals surface area contributed by atoms with Crippen LogP contribution in [0, 0.1) is 18.7 Å². The van der Waals surface area contributed by atoms with Gasteiger partial charge in [-0.2, -0.15) is 0 Å². The van der Waals surface area contributed by atoms with E-state index < -0.39 is 43.0 Å². The smallest absolute Gasteiger partial charge is 0.418 e. The Kier molecular flexibility index (Phi) is 12.3. The molecule has 0 unspecified atom stereocenters. The van der Waals surface area contributed by atoms with Crippen molar-refractivity contribution in [3.8, 4) is 0 Å². The lowest BCUT2D eigenvalue weighted by Crippen LogP contribution is -2.43. The average molecular weight is 557 g/mol. The largest absolute Gasteiger partial charge is 0.469 e. The third kappa shape index (κ3) is 10.4. The zero-order chi connectivity index (χ0) is 28.6. The number of methoxy groups -OCH3 is 1. The van der Waals surface area contributed by atoms with E-state index in [9.17, 15) is 9.59 Å². The first-order valence-electron chi connectivity index (χ1n) is 12.5. The first-order chi connectivity index (χ1) is 16.9. The fraction of sp³-hybridized carbons (Fsp3) is 0.667. The number of carbonyl (C=O) groups is 2. The van der Waals surface area contributed by atoms with Crippen molar-refractivity contribution in [2.45, 2.75) is 84.8 Å². The summed E-state index contributed by atoms with van der Waals surface area (Å²) in [5.41, 5.74) is -1.13. The van der Waals surface area contributed by atoms with E-state index in [-0.39, 0.29) is 13.2 Å². The van der Waals surface area contributed by atoms with Gasteiger partial charge >= 0.3 is 12.1 Å². The Balaban J connectivity index is 3.60. The zero-order valence-corrected chi connectivity index (χ0v) is 26.2. The summed E-state index contributed by atoms with van der Waals surface area (Å²) in [6.45, 7) is 17.8. The van der Waals surface area contributed by atoms with Gasteiger partial charge in [-0.05, 0) is 58.4 Å². The standard InChI is InChI=1S/C27H45FN2O5SSi/c1-19-13-12-14-21(23(19)28)27(6,20(2)17-22(31)33-7)29-24(36-8)30(25(32)35-26(3,4)5)18-34-15-16-37(9,10)11/h12-14,20H,15-18H2,1-11H3/t20-,27+/m1/s1. The molecule has 37 heavy (non-hydrogen) atoms. The van der Waals surface area contributed by atoms with Gasteiger partial charge < -0.3 is 14.2 Å². The maximum absolute atomic E-state index is 15.5. The van der Waals surface area contributed by atoms with Crippen LogP contribution in [0.4, 0.5) is 9.18 Å².